The number of rotatable bonds is 5. The van der Waals surface area contributed by atoms with Crippen LogP contribution < -0.4 is 0 Å². The Balaban J connectivity index is 2.72. The number of allylic oxidation sites excluding steroid dienone is 1. The zero-order chi connectivity index (χ0) is 10.4. The highest BCUT2D eigenvalue weighted by atomic mass is 32.2. The van der Waals surface area contributed by atoms with Crippen molar-refractivity contribution in [1.29, 1.82) is 0 Å². The third kappa shape index (κ3) is 3.00. The first-order chi connectivity index (χ1) is 6.67. The Labute approximate surface area is 85.2 Å². The van der Waals surface area contributed by atoms with E-state index in [1.165, 1.54) is 0 Å². The smallest absolute Gasteiger partial charge is 0.178 e. The van der Waals surface area contributed by atoms with Gasteiger partial charge in [-0.2, -0.15) is 0 Å². The van der Waals surface area contributed by atoms with E-state index in [9.17, 15) is 8.42 Å². The number of benzene rings is 1. The monoisotopic (exact) mass is 209 g/mol. The quantitative estimate of drug-likeness (QED) is 0.550. The van der Waals surface area contributed by atoms with E-state index in [1.807, 2.05) is 0 Å². The molecule has 0 unspecified atom stereocenters. The zero-order valence-corrected chi connectivity index (χ0v) is 8.70. The van der Waals surface area contributed by atoms with Gasteiger partial charge in [0.1, 0.15) is 0 Å². The normalized spacial score (nSPS) is 11.1. The molecule has 0 fully saturated rings. The van der Waals surface area contributed by atoms with Gasteiger partial charge in [0.15, 0.2) is 9.84 Å². The summed E-state index contributed by atoms with van der Waals surface area (Å²) in [5.74, 6) is 0.0725. The zero-order valence-electron chi connectivity index (χ0n) is 7.89. The molecule has 1 radical (unpaired) electrons. The molecular weight excluding hydrogens is 196 g/mol. The largest absolute Gasteiger partial charge is 0.224 e. The van der Waals surface area contributed by atoms with Gasteiger partial charge in [0, 0.05) is 0 Å². The summed E-state index contributed by atoms with van der Waals surface area (Å²) in [4.78, 5) is 0.375. The molecule has 75 valence electrons. The van der Waals surface area contributed by atoms with Crippen molar-refractivity contribution < 1.29 is 8.42 Å². The standard InChI is InChI=1S/C11H13O2S/c1-2-3-7-10-14(12,13)11-8-5-4-6-9-11/h2,4-9H,1,3,10H2. The highest BCUT2D eigenvalue weighted by Gasteiger charge is 2.12. The van der Waals surface area contributed by atoms with Crippen LogP contribution >= 0.6 is 0 Å². The molecule has 2 nitrogen and oxygen atoms in total. The molecule has 0 spiro atoms. The number of unbranched alkanes of at least 4 members (excludes halogenated alkanes) is 1. The lowest BCUT2D eigenvalue weighted by atomic mass is 10.3. The lowest BCUT2D eigenvalue weighted by Gasteiger charge is -2.01. The van der Waals surface area contributed by atoms with E-state index >= 15 is 0 Å². The first-order valence-electron chi connectivity index (χ1n) is 4.37. The lowest BCUT2D eigenvalue weighted by Crippen LogP contribution is -2.06. The van der Waals surface area contributed by atoms with Crippen molar-refractivity contribution in [2.24, 2.45) is 0 Å². The van der Waals surface area contributed by atoms with Crippen LogP contribution in [-0.2, 0) is 9.84 Å². The summed E-state index contributed by atoms with van der Waals surface area (Å²) in [6, 6.07) is 8.46. The van der Waals surface area contributed by atoms with E-state index < -0.39 is 9.84 Å². The van der Waals surface area contributed by atoms with Crippen molar-refractivity contribution >= 4 is 9.84 Å². The van der Waals surface area contributed by atoms with Crippen LogP contribution in [-0.4, -0.2) is 14.2 Å². The maximum absolute atomic E-state index is 11.6. The van der Waals surface area contributed by atoms with Crippen LogP contribution in [0.1, 0.15) is 6.42 Å². The van der Waals surface area contributed by atoms with Crippen molar-refractivity contribution in [3.8, 4) is 0 Å². The molecule has 14 heavy (non-hydrogen) atoms. The van der Waals surface area contributed by atoms with E-state index in [0.717, 1.165) is 0 Å². The molecule has 0 heterocycles. The first-order valence-corrected chi connectivity index (χ1v) is 6.02. The summed E-state index contributed by atoms with van der Waals surface area (Å²) < 4.78 is 23.3. The summed E-state index contributed by atoms with van der Waals surface area (Å²) in [7, 11) is -3.14. The Morgan fingerprint density at radius 3 is 2.43 bits per heavy atom. The third-order valence-electron chi connectivity index (χ3n) is 1.77. The van der Waals surface area contributed by atoms with Crippen molar-refractivity contribution in [1.82, 2.24) is 0 Å². The van der Waals surface area contributed by atoms with E-state index in [0.29, 0.717) is 11.3 Å². The van der Waals surface area contributed by atoms with Gasteiger partial charge in [0.05, 0.1) is 10.6 Å². The predicted octanol–water partition coefficient (Wildman–Crippen LogP) is 2.24. The summed E-state index contributed by atoms with van der Waals surface area (Å²) in [6.45, 7) is 3.53. The maximum Gasteiger partial charge on any atom is 0.178 e. The number of sulfone groups is 1. The molecule has 3 heteroatoms. The molecule has 1 aromatic carbocycles. The van der Waals surface area contributed by atoms with Crippen LogP contribution in [0.25, 0.3) is 0 Å². The molecule has 0 atom stereocenters. The second-order valence-electron chi connectivity index (χ2n) is 2.91. The van der Waals surface area contributed by atoms with E-state index in [-0.39, 0.29) is 5.75 Å². The average molecular weight is 209 g/mol. The first kappa shape index (κ1) is 11.0. The minimum Gasteiger partial charge on any atom is -0.224 e. The minimum atomic E-state index is -3.14. The highest BCUT2D eigenvalue weighted by Crippen LogP contribution is 2.11. The second kappa shape index (κ2) is 4.96. The molecule has 0 aromatic heterocycles. The number of hydrogen-bond donors (Lipinski definition) is 0. The van der Waals surface area contributed by atoms with Crippen LogP contribution in [0.3, 0.4) is 0 Å². The summed E-state index contributed by atoms with van der Waals surface area (Å²) in [6.07, 6.45) is 4.00. The summed E-state index contributed by atoms with van der Waals surface area (Å²) in [5.41, 5.74) is 0. The van der Waals surface area contributed by atoms with Gasteiger partial charge < -0.3 is 0 Å². The third-order valence-corrected chi connectivity index (χ3v) is 3.44. The van der Waals surface area contributed by atoms with Crippen molar-refractivity contribution in [3.63, 3.8) is 0 Å². The maximum atomic E-state index is 11.6. The Morgan fingerprint density at radius 1 is 1.21 bits per heavy atom. The molecule has 0 saturated heterocycles. The van der Waals surface area contributed by atoms with Crippen LogP contribution in [0, 0.1) is 6.42 Å². The molecule has 0 saturated carbocycles. The van der Waals surface area contributed by atoms with Crippen molar-refractivity contribution in [2.75, 3.05) is 5.75 Å². The Morgan fingerprint density at radius 2 is 1.86 bits per heavy atom. The lowest BCUT2D eigenvalue weighted by molar-refractivity contribution is 0.597. The van der Waals surface area contributed by atoms with Crippen LogP contribution in [0.5, 0.6) is 0 Å². The van der Waals surface area contributed by atoms with Crippen LogP contribution in [0.15, 0.2) is 47.9 Å². The van der Waals surface area contributed by atoms with Crippen LogP contribution in [0.2, 0.25) is 0 Å². The van der Waals surface area contributed by atoms with Crippen LogP contribution in [0.4, 0.5) is 0 Å². The molecule has 0 amide bonds. The molecular formula is C11H13O2S. The summed E-state index contributed by atoms with van der Waals surface area (Å²) >= 11 is 0. The van der Waals surface area contributed by atoms with Crippen molar-refractivity contribution in [3.05, 3.63) is 49.4 Å². The molecule has 0 N–H and O–H groups in total. The van der Waals surface area contributed by atoms with E-state index in [1.54, 1.807) is 42.8 Å². The topological polar surface area (TPSA) is 34.1 Å². The van der Waals surface area contributed by atoms with E-state index in [2.05, 4.69) is 6.58 Å². The Bertz CT molecular complexity index is 379. The molecule has 1 rings (SSSR count). The predicted molar refractivity (Wildman–Crippen MR) is 57.6 cm³/mol. The second-order valence-corrected chi connectivity index (χ2v) is 4.94. The van der Waals surface area contributed by atoms with Gasteiger partial charge in [0.2, 0.25) is 0 Å². The van der Waals surface area contributed by atoms with Gasteiger partial charge in [-0.25, -0.2) is 8.42 Å². The number of hydrogen-bond acceptors (Lipinski definition) is 2. The Kier molecular flexibility index (Phi) is 3.89. The molecule has 0 aliphatic rings. The fourth-order valence-corrected chi connectivity index (χ4v) is 2.28. The fourth-order valence-electron chi connectivity index (χ4n) is 1.07. The van der Waals surface area contributed by atoms with Crippen molar-refractivity contribution in [2.45, 2.75) is 11.3 Å². The molecule has 0 aliphatic heterocycles. The van der Waals surface area contributed by atoms with Gasteiger partial charge >= 0.3 is 0 Å². The Hall–Kier alpha value is -1.09. The fraction of sp³-hybridized carbons (Fsp3) is 0.182. The molecule has 0 bridgehead atoms. The summed E-state index contributed by atoms with van der Waals surface area (Å²) in [5, 5.41) is 0. The average Bonchev–Trinajstić information content (AvgIpc) is 2.19. The van der Waals surface area contributed by atoms with Gasteiger partial charge in [-0.1, -0.05) is 24.3 Å². The van der Waals surface area contributed by atoms with Gasteiger partial charge in [0.25, 0.3) is 0 Å². The minimum absolute atomic E-state index is 0.0725. The van der Waals surface area contributed by atoms with E-state index in [4.69, 9.17) is 0 Å². The van der Waals surface area contributed by atoms with Gasteiger partial charge in [-0.15, -0.1) is 6.58 Å². The molecule has 0 aliphatic carbocycles. The van der Waals surface area contributed by atoms with Gasteiger partial charge in [-0.3, -0.25) is 0 Å². The molecule has 1 aromatic rings. The highest BCUT2D eigenvalue weighted by molar-refractivity contribution is 7.91. The SMILES string of the molecule is C=CC[CH]CS(=O)(=O)c1ccccc1. The van der Waals surface area contributed by atoms with Gasteiger partial charge in [-0.05, 0) is 25.0 Å².